The van der Waals surface area contributed by atoms with Crippen LogP contribution in [0.15, 0.2) is 43.1 Å². The van der Waals surface area contributed by atoms with Crippen LogP contribution in [0, 0.1) is 0 Å². The van der Waals surface area contributed by atoms with Crippen molar-refractivity contribution in [2.24, 2.45) is 0 Å². The molecule has 23 heavy (non-hydrogen) atoms. The average Bonchev–Trinajstić information content (AvgIpc) is 2.60. The number of nitrogens with zero attached hydrogens (tertiary/aromatic N) is 1. The largest absolute Gasteiger partial charge is 0.396 e. The molecule has 1 aromatic rings. The maximum atomic E-state index is 10.2. The summed E-state index contributed by atoms with van der Waals surface area (Å²) < 4.78 is 10.7. The molecule has 2 N–H and O–H groups in total. The molecule has 0 radical (unpaired) electrons. The van der Waals surface area contributed by atoms with Crippen LogP contribution in [0.1, 0.15) is 12.0 Å². The Labute approximate surface area is 141 Å². The van der Waals surface area contributed by atoms with Gasteiger partial charge in [0, 0.05) is 33.9 Å². The minimum atomic E-state index is -2.45. The summed E-state index contributed by atoms with van der Waals surface area (Å²) in [5.41, 5.74) is 0.731. The normalized spacial score (nSPS) is 12.9. The third-order valence-electron chi connectivity index (χ3n) is 4.07. The van der Waals surface area contributed by atoms with Crippen molar-refractivity contribution in [2.75, 3.05) is 33.9 Å². The van der Waals surface area contributed by atoms with Crippen molar-refractivity contribution >= 4 is 8.56 Å². The quantitative estimate of drug-likeness (QED) is 0.450. The molecule has 0 fully saturated rings. The molecule has 0 saturated heterocycles. The van der Waals surface area contributed by atoms with E-state index in [-0.39, 0.29) is 0 Å². The third kappa shape index (κ3) is 6.84. The average molecular weight is 339 g/mol. The van der Waals surface area contributed by atoms with Crippen LogP contribution in [-0.4, -0.2) is 58.1 Å². The molecule has 5 nitrogen and oxygen atoms in total. The highest BCUT2D eigenvalue weighted by Gasteiger charge is 2.37. The molecule has 1 rings (SSSR count). The smallest absolute Gasteiger partial charge is 0.364 e. The molecule has 0 aromatic heterocycles. The van der Waals surface area contributed by atoms with Crippen molar-refractivity contribution in [2.45, 2.75) is 25.2 Å². The minimum Gasteiger partial charge on any atom is -0.396 e. The van der Waals surface area contributed by atoms with E-state index in [1.165, 1.54) is 5.56 Å². The Balaban J connectivity index is 2.24. The van der Waals surface area contributed by atoms with Gasteiger partial charge in [-0.15, -0.1) is 0 Å². The first kappa shape index (κ1) is 19.9. The van der Waals surface area contributed by atoms with E-state index in [0.29, 0.717) is 6.42 Å². The van der Waals surface area contributed by atoms with Gasteiger partial charge in [0.05, 0.1) is 5.73 Å². The molecule has 0 aliphatic rings. The van der Waals surface area contributed by atoms with Gasteiger partial charge in [-0.25, -0.2) is 0 Å². The highest BCUT2D eigenvalue weighted by Crippen LogP contribution is 2.12. The van der Waals surface area contributed by atoms with E-state index in [1.807, 2.05) is 30.9 Å². The van der Waals surface area contributed by atoms with Gasteiger partial charge in [-0.1, -0.05) is 36.9 Å². The summed E-state index contributed by atoms with van der Waals surface area (Å²) in [7, 11) is 0.739. The summed E-state index contributed by atoms with van der Waals surface area (Å²) in [6.07, 6.45) is 2.49. The van der Waals surface area contributed by atoms with E-state index in [0.717, 1.165) is 26.2 Å². The lowest BCUT2D eigenvalue weighted by Gasteiger charge is -2.28. The maximum Gasteiger partial charge on any atom is 0.364 e. The Hall–Kier alpha value is -1.18. The summed E-state index contributed by atoms with van der Waals surface area (Å²) in [6.45, 7) is 9.03. The van der Waals surface area contributed by atoms with Crippen LogP contribution in [0.3, 0.4) is 0 Å². The minimum absolute atomic E-state index is 0.537. The van der Waals surface area contributed by atoms with Gasteiger partial charge in [-0.3, -0.25) is 0 Å². The fourth-order valence-electron chi connectivity index (χ4n) is 2.26. The molecule has 0 aliphatic carbocycles. The lowest BCUT2D eigenvalue weighted by molar-refractivity contribution is 0.139. The number of benzene rings is 1. The zero-order chi connectivity index (χ0) is 17.1. The fourth-order valence-corrected chi connectivity index (χ4v) is 3.64. The SMILES string of the molecule is C=CN(CCNCCC(O)[Si](C)(OC)OC)Cc1ccccc1. The Morgan fingerprint density at radius 2 is 1.91 bits per heavy atom. The molecule has 1 atom stereocenters. The van der Waals surface area contributed by atoms with Crippen molar-refractivity contribution in [1.29, 1.82) is 0 Å². The molecule has 0 saturated carbocycles. The molecular formula is C17H30N2O3Si. The molecule has 0 spiro atoms. The Morgan fingerprint density at radius 3 is 2.48 bits per heavy atom. The van der Waals surface area contributed by atoms with Gasteiger partial charge < -0.3 is 24.2 Å². The molecule has 0 aliphatic heterocycles. The van der Waals surface area contributed by atoms with E-state index >= 15 is 0 Å². The Morgan fingerprint density at radius 1 is 1.26 bits per heavy atom. The predicted octanol–water partition coefficient (Wildman–Crippen LogP) is 1.88. The first-order valence-electron chi connectivity index (χ1n) is 7.95. The van der Waals surface area contributed by atoms with Gasteiger partial charge in [-0.05, 0) is 31.3 Å². The van der Waals surface area contributed by atoms with Crippen LogP contribution in [-0.2, 0) is 15.4 Å². The van der Waals surface area contributed by atoms with Gasteiger partial charge in [-0.2, -0.15) is 0 Å². The Bertz CT molecular complexity index is 441. The maximum absolute atomic E-state index is 10.2. The van der Waals surface area contributed by atoms with Gasteiger partial charge in [0.1, 0.15) is 0 Å². The van der Waals surface area contributed by atoms with E-state index in [2.05, 4.69) is 28.9 Å². The molecular weight excluding hydrogens is 308 g/mol. The third-order valence-corrected chi connectivity index (χ3v) is 7.19. The predicted molar refractivity (Wildman–Crippen MR) is 96.2 cm³/mol. The van der Waals surface area contributed by atoms with Crippen molar-refractivity contribution in [1.82, 2.24) is 10.2 Å². The zero-order valence-corrected chi connectivity index (χ0v) is 15.5. The molecule has 1 unspecified atom stereocenters. The number of nitrogens with one attached hydrogen (secondary N) is 1. The van der Waals surface area contributed by atoms with Gasteiger partial charge in [0.2, 0.25) is 0 Å². The summed E-state index contributed by atoms with van der Waals surface area (Å²) >= 11 is 0. The summed E-state index contributed by atoms with van der Waals surface area (Å²) in [6, 6.07) is 10.3. The highest BCUT2D eigenvalue weighted by atomic mass is 28.4. The van der Waals surface area contributed by atoms with Crippen LogP contribution >= 0.6 is 0 Å². The first-order chi connectivity index (χ1) is 11.1. The van der Waals surface area contributed by atoms with E-state index in [9.17, 15) is 5.11 Å². The monoisotopic (exact) mass is 338 g/mol. The topological polar surface area (TPSA) is 54.0 Å². The number of aliphatic hydroxyl groups is 1. The van der Waals surface area contributed by atoms with Gasteiger partial charge in [0.15, 0.2) is 0 Å². The van der Waals surface area contributed by atoms with Crippen molar-refractivity contribution in [3.05, 3.63) is 48.7 Å². The summed E-state index contributed by atoms with van der Waals surface area (Å²) in [5, 5.41) is 13.5. The van der Waals surface area contributed by atoms with Crippen molar-refractivity contribution in [3.8, 4) is 0 Å². The van der Waals surface area contributed by atoms with Crippen LogP contribution in [0.4, 0.5) is 0 Å². The number of rotatable bonds is 12. The van der Waals surface area contributed by atoms with E-state index in [4.69, 9.17) is 8.85 Å². The number of hydrogen-bond donors (Lipinski definition) is 2. The lowest BCUT2D eigenvalue weighted by Crippen LogP contribution is -2.50. The summed E-state index contributed by atoms with van der Waals surface area (Å²) in [5.74, 6) is 0. The number of aliphatic hydroxyl groups excluding tert-OH is 1. The van der Waals surface area contributed by atoms with Crippen LogP contribution < -0.4 is 5.32 Å². The van der Waals surface area contributed by atoms with Crippen LogP contribution in [0.25, 0.3) is 0 Å². The second-order valence-electron chi connectivity index (χ2n) is 5.62. The van der Waals surface area contributed by atoms with E-state index < -0.39 is 14.3 Å². The molecule has 6 heteroatoms. The second-order valence-corrected chi connectivity index (χ2v) is 9.13. The number of hydrogen-bond acceptors (Lipinski definition) is 5. The van der Waals surface area contributed by atoms with Crippen molar-refractivity contribution < 1.29 is 14.0 Å². The van der Waals surface area contributed by atoms with E-state index in [1.54, 1.807) is 14.2 Å². The molecule has 0 heterocycles. The Kier molecular flexibility index (Phi) is 9.12. The molecule has 0 bridgehead atoms. The molecule has 0 amide bonds. The second kappa shape index (κ2) is 10.6. The van der Waals surface area contributed by atoms with Gasteiger partial charge in [0.25, 0.3) is 0 Å². The van der Waals surface area contributed by atoms with Crippen LogP contribution in [0.2, 0.25) is 6.55 Å². The summed E-state index contributed by atoms with van der Waals surface area (Å²) in [4.78, 5) is 2.17. The van der Waals surface area contributed by atoms with Crippen molar-refractivity contribution in [3.63, 3.8) is 0 Å². The highest BCUT2D eigenvalue weighted by molar-refractivity contribution is 6.67. The van der Waals surface area contributed by atoms with Gasteiger partial charge >= 0.3 is 8.56 Å². The zero-order valence-electron chi connectivity index (χ0n) is 14.5. The fraction of sp³-hybridized carbons (Fsp3) is 0.529. The molecule has 130 valence electrons. The van der Waals surface area contributed by atoms with Crippen LogP contribution in [0.5, 0.6) is 0 Å². The standard InChI is InChI=1S/C17H30N2O3Si/c1-5-19(15-16-9-7-6-8-10-16)14-13-18-12-11-17(20)23(4,21-2)22-3/h5-10,17-18,20H,1,11-15H2,2-4H3. The lowest BCUT2D eigenvalue weighted by atomic mass is 10.2. The molecule has 1 aromatic carbocycles. The first-order valence-corrected chi connectivity index (χ1v) is 10.3.